The van der Waals surface area contributed by atoms with Gasteiger partial charge in [-0.3, -0.25) is 0 Å². The number of rotatable bonds is 0. The van der Waals surface area contributed by atoms with Crippen molar-refractivity contribution < 1.29 is 9.53 Å². The normalized spacial score (nSPS) is 23.9. The molecule has 1 aliphatic heterocycles. The number of ether oxygens (including phenoxy) is 1. The SMILES string of the molecule is O=C1/C=C\CCCCCCCCCCCCCO1. The zero-order valence-electron chi connectivity index (χ0n) is 11.7. The van der Waals surface area contributed by atoms with Crippen molar-refractivity contribution in [2.75, 3.05) is 6.61 Å². The van der Waals surface area contributed by atoms with Crippen LogP contribution in [0.2, 0.25) is 0 Å². The van der Waals surface area contributed by atoms with E-state index >= 15 is 0 Å². The molecule has 0 radical (unpaired) electrons. The fourth-order valence-electron chi connectivity index (χ4n) is 2.36. The summed E-state index contributed by atoms with van der Waals surface area (Å²) >= 11 is 0. The second kappa shape index (κ2) is 11.3. The third-order valence-corrected chi connectivity index (χ3v) is 3.51. The summed E-state index contributed by atoms with van der Waals surface area (Å²) in [5.74, 6) is -0.167. The molecule has 0 bridgehead atoms. The van der Waals surface area contributed by atoms with Gasteiger partial charge >= 0.3 is 5.97 Å². The molecule has 18 heavy (non-hydrogen) atoms. The van der Waals surface area contributed by atoms with Gasteiger partial charge in [0.25, 0.3) is 0 Å². The van der Waals surface area contributed by atoms with Crippen molar-refractivity contribution in [3.63, 3.8) is 0 Å². The fraction of sp³-hybridized carbons (Fsp3) is 0.812. The van der Waals surface area contributed by atoms with Crippen LogP contribution in [0.25, 0.3) is 0 Å². The predicted octanol–water partition coefficient (Wildman–Crippen LogP) is 4.78. The summed E-state index contributed by atoms with van der Waals surface area (Å²) in [6.45, 7) is 0.586. The molecule has 0 fully saturated rings. The van der Waals surface area contributed by atoms with Crippen molar-refractivity contribution >= 4 is 5.97 Å². The highest BCUT2D eigenvalue weighted by atomic mass is 16.5. The van der Waals surface area contributed by atoms with Gasteiger partial charge in [-0.05, 0) is 19.3 Å². The van der Waals surface area contributed by atoms with Gasteiger partial charge in [0.05, 0.1) is 6.61 Å². The van der Waals surface area contributed by atoms with Crippen molar-refractivity contribution in [3.8, 4) is 0 Å². The Kier molecular flexibility index (Phi) is 9.59. The van der Waals surface area contributed by atoms with E-state index in [1.54, 1.807) is 6.08 Å². The first kappa shape index (κ1) is 15.3. The summed E-state index contributed by atoms with van der Waals surface area (Å²) in [4.78, 5) is 11.3. The van der Waals surface area contributed by atoms with Gasteiger partial charge in [-0.2, -0.15) is 0 Å². The van der Waals surface area contributed by atoms with Gasteiger partial charge in [0.1, 0.15) is 0 Å². The Morgan fingerprint density at radius 1 is 0.722 bits per heavy atom. The van der Waals surface area contributed by atoms with Crippen LogP contribution in [-0.4, -0.2) is 12.6 Å². The number of cyclic esters (lactones) is 1. The summed E-state index contributed by atoms with van der Waals surface area (Å²) in [6.07, 6.45) is 18.8. The summed E-state index contributed by atoms with van der Waals surface area (Å²) in [6, 6.07) is 0. The molecule has 1 heterocycles. The van der Waals surface area contributed by atoms with Crippen molar-refractivity contribution in [2.45, 2.75) is 77.0 Å². The van der Waals surface area contributed by atoms with Crippen LogP contribution >= 0.6 is 0 Å². The van der Waals surface area contributed by atoms with Gasteiger partial charge in [0, 0.05) is 6.08 Å². The van der Waals surface area contributed by atoms with E-state index < -0.39 is 0 Å². The number of hydrogen-bond acceptors (Lipinski definition) is 2. The number of carbonyl (C=O) groups excluding carboxylic acids is 1. The molecule has 104 valence electrons. The molecule has 0 aliphatic carbocycles. The van der Waals surface area contributed by atoms with Crippen LogP contribution in [0.15, 0.2) is 12.2 Å². The number of carbonyl (C=O) groups is 1. The van der Waals surface area contributed by atoms with Gasteiger partial charge in [-0.1, -0.05) is 63.9 Å². The Bertz CT molecular complexity index is 233. The molecule has 0 aromatic heterocycles. The van der Waals surface area contributed by atoms with Crippen molar-refractivity contribution in [3.05, 3.63) is 12.2 Å². The first-order valence-corrected chi connectivity index (χ1v) is 7.73. The van der Waals surface area contributed by atoms with Crippen LogP contribution in [0.4, 0.5) is 0 Å². The summed E-state index contributed by atoms with van der Waals surface area (Å²) in [5.41, 5.74) is 0. The molecule has 0 aromatic rings. The van der Waals surface area contributed by atoms with E-state index in [4.69, 9.17) is 4.74 Å². The highest BCUT2D eigenvalue weighted by molar-refractivity contribution is 5.81. The van der Waals surface area contributed by atoms with E-state index in [1.165, 1.54) is 64.2 Å². The van der Waals surface area contributed by atoms with Crippen LogP contribution in [0, 0.1) is 0 Å². The Hall–Kier alpha value is -0.790. The van der Waals surface area contributed by atoms with Gasteiger partial charge in [-0.15, -0.1) is 0 Å². The molecule has 0 saturated heterocycles. The first-order valence-electron chi connectivity index (χ1n) is 7.73. The van der Waals surface area contributed by atoms with E-state index in [0.717, 1.165) is 12.8 Å². The monoisotopic (exact) mass is 252 g/mol. The van der Waals surface area contributed by atoms with Gasteiger partial charge in [-0.25, -0.2) is 4.79 Å². The number of esters is 1. The molecule has 1 rings (SSSR count). The molecule has 0 N–H and O–H groups in total. The zero-order chi connectivity index (χ0) is 12.9. The fourth-order valence-corrected chi connectivity index (χ4v) is 2.36. The van der Waals surface area contributed by atoms with Crippen LogP contribution in [-0.2, 0) is 9.53 Å². The molecular formula is C16H28O2. The largest absolute Gasteiger partial charge is 0.463 e. The Balaban J connectivity index is 2.18. The summed E-state index contributed by atoms with van der Waals surface area (Å²) < 4.78 is 5.14. The van der Waals surface area contributed by atoms with Crippen LogP contribution in [0.1, 0.15) is 77.0 Å². The molecule has 2 heteroatoms. The third kappa shape index (κ3) is 9.26. The molecule has 2 nitrogen and oxygen atoms in total. The van der Waals surface area contributed by atoms with Crippen molar-refractivity contribution in [2.24, 2.45) is 0 Å². The molecule has 0 atom stereocenters. The smallest absolute Gasteiger partial charge is 0.330 e. The second-order valence-electron chi connectivity index (χ2n) is 5.25. The Morgan fingerprint density at radius 3 is 1.83 bits per heavy atom. The summed E-state index contributed by atoms with van der Waals surface area (Å²) in [5, 5.41) is 0. The molecule has 0 spiro atoms. The Morgan fingerprint density at radius 2 is 1.22 bits per heavy atom. The van der Waals surface area contributed by atoms with E-state index in [9.17, 15) is 4.79 Å². The van der Waals surface area contributed by atoms with Gasteiger partial charge < -0.3 is 4.74 Å². The van der Waals surface area contributed by atoms with Crippen LogP contribution in [0.3, 0.4) is 0 Å². The maximum atomic E-state index is 11.3. The minimum atomic E-state index is -0.167. The highest BCUT2D eigenvalue weighted by Gasteiger charge is 1.98. The van der Waals surface area contributed by atoms with Crippen molar-refractivity contribution in [1.29, 1.82) is 0 Å². The molecule has 0 amide bonds. The van der Waals surface area contributed by atoms with Crippen molar-refractivity contribution in [1.82, 2.24) is 0 Å². The quantitative estimate of drug-likeness (QED) is 0.580. The first-order chi connectivity index (χ1) is 8.89. The molecular weight excluding hydrogens is 224 g/mol. The molecule has 0 unspecified atom stereocenters. The van der Waals surface area contributed by atoms with E-state index in [2.05, 4.69) is 0 Å². The van der Waals surface area contributed by atoms with E-state index in [-0.39, 0.29) is 5.97 Å². The van der Waals surface area contributed by atoms with E-state index in [1.807, 2.05) is 6.08 Å². The lowest BCUT2D eigenvalue weighted by atomic mass is 10.1. The van der Waals surface area contributed by atoms with Gasteiger partial charge in [0.15, 0.2) is 0 Å². The minimum Gasteiger partial charge on any atom is -0.463 e. The van der Waals surface area contributed by atoms with Gasteiger partial charge in [0.2, 0.25) is 0 Å². The molecule has 0 saturated carbocycles. The number of hydrogen-bond donors (Lipinski definition) is 0. The lowest BCUT2D eigenvalue weighted by Crippen LogP contribution is -2.02. The maximum Gasteiger partial charge on any atom is 0.330 e. The van der Waals surface area contributed by atoms with Crippen LogP contribution in [0.5, 0.6) is 0 Å². The Labute approximate surface area is 112 Å². The molecule has 1 aliphatic rings. The third-order valence-electron chi connectivity index (χ3n) is 3.51. The zero-order valence-corrected chi connectivity index (χ0v) is 11.7. The summed E-state index contributed by atoms with van der Waals surface area (Å²) in [7, 11) is 0. The highest BCUT2D eigenvalue weighted by Crippen LogP contribution is 2.12. The molecule has 0 aromatic carbocycles. The van der Waals surface area contributed by atoms with Crippen LogP contribution < -0.4 is 0 Å². The second-order valence-corrected chi connectivity index (χ2v) is 5.25. The average Bonchev–Trinajstić information content (AvgIpc) is 2.37. The standard InChI is InChI=1S/C16H28O2/c17-16-14-12-10-8-6-4-2-1-3-5-7-9-11-13-15-18-16/h12,14H,1-11,13,15H2/b14-12-. The lowest BCUT2D eigenvalue weighted by molar-refractivity contribution is -0.137. The average molecular weight is 252 g/mol. The maximum absolute atomic E-state index is 11.3. The predicted molar refractivity (Wildman–Crippen MR) is 75.5 cm³/mol. The lowest BCUT2D eigenvalue weighted by Gasteiger charge is -2.03. The topological polar surface area (TPSA) is 26.3 Å². The minimum absolute atomic E-state index is 0.167. The number of allylic oxidation sites excluding steroid dienone is 1. The van der Waals surface area contributed by atoms with E-state index in [0.29, 0.717) is 6.61 Å².